The second-order valence-corrected chi connectivity index (χ2v) is 7.10. The second kappa shape index (κ2) is 10.5. The quantitative estimate of drug-likeness (QED) is 0.618. The van der Waals surface area contributed by atoms with Crippen LogP contribution in [-0.2, 0) is 4.79 Å². The smallest absolute Gasteiger partial charge is 0.251 e. The number of hydrogen-bond donors (Lipinski definition) is 2. The van der Waals surface area contributed by atoms with E-state index in [2.05, 4.69) is 17.6 Å². The van der Waals surface area contributed by atoms with E-state index in [4.69, 9.17) is 14.2 Å². The van der Waals surface area contributed by atoms with E-state index in [1.54, 1.807) is 24.3 Å². The summed E-state index contributed by atoms with van der Waals surface area (Å²) in [5.74, 6) is 1.53. The SMILES string of the molecule is CCCCOc1ccc(C(=O)NCC(=O)NC(C)c2ccc3c(c2)OCCO3)cc1. The molecule has 0 radical (unpaired) electrons. The molecule has 7 heteroatoms. The van der Waals surface area contributed by atoms with E-state index in [0.29, 0.717) is 36.9 Å². The van der Waals surface area contributed by atoms with Gasteiger partial charge in [-0.05, 0) is 55.3 Å². The molecular formula is C23H28N2O5. The first-order valence-corrected chi connectivity index (χ1v) is 10.3. The lowest BCUT2D eigenvalue weighted by Crippen LogP contribution is -2.38. The fourth-order valence-corrected chi connectivity index (χ4v) is 3.00. The Labute approximate surface area is 176 Å². The number of carbonyl (C=O) groups excluding carboxylic acids is 2. The van der Waals surface area contributed by atoms with Gasteiger partial charge >= 0.3 is 0 Å². The molecule has 1 atom stereocenters. The van der Waals surface area contributed by atoms with Crippen LogP contribution in [0, 0.1) is 0 Å². The highest BCUT2D eigenvalue weighted by molar-refractivity contribution is 5.96. The summed E-state index contributed by atoms with van der Waals surface area (Å²) in [5, 5.41) is 5.52. The van der Waals surface area contributed by atoms with E-state index in [1.165, 1.54) is 0 Å². The van der Waals surface area contributed by atoms with Crippen LogP contribution in [0.15, 0.2) is 42.5 Å². The third kappa shape index (κ3) is 5.89. The van der Waals surface area contributed by atoms with Crippen LogP contribution in [0.4, 0.5) is 0 Å². The van der Waals surface area contributed by atoms with Crippen LogP contribution in [0.25, 0.3) is 0 Å². The predicted octanol–water partition coefficient (Wildman–Crippen LogP) is 3.24. The van der Waals surface area contributed by atoms with E-state index in [-0.39, 0.29) is 24.4 Å². The molecule has 1 unspecified atom stereocenters. The number of rotatable bonds is 9. The molecule has 0 spiro atoms. The third-order valence-corrected chi connectivity index (χ3v) is 4.74. The van der Waals surface area contributed by atoms with Gasteiger partial charge in [-0.15, -0.1) is 0 Å². The van der Waals surface area contributed by atoms with Crippen molar-refractivity contribution in [2.75, 3.05) is 26.4 Å². The van der Waals surface area contributed by atoms with Crippen LogP contribution in [-0.4, -0.2) is 38.2 Å². The summed E-state index contributed by atoms with van der Waals surface area (Å²) in [7, 11) is 0. The third-order valence-electron chi connectivity index (χ3n) is 4.74. The summed E-state index contributed by atoms with van der Waals surface area (Å²) in [6.45, 7) is 5.57. The van der Waals surface area contributed by atoms with Crippen molar-refractivity contribution in [3.8, 4) is 17.2 Å². The Morgan fingerprint density at radius 1 is 1.07 bits per heavy atom. The molecule has 0 aromatic heterocycles. The van der Waals surface area contributed by atoms with Gasteiger partial charge in [-0.2, -0.15) is 0 Å². The molecule has 1 aliphatic rings. The maximum absolute atomic E-state index is 12.3. The molecule has 0 fully saturated rings. The van der Waals surface area contributed by atoms with Gasteiger partial charge in [-0.25, -0.2) is 0 Å². The number of ether oxygens (including phenoxy) is 3. The van der Waals surface area contributed by atoms with Crippen LogP contribution in [0.2, 0.25) is 0 Å². The summed E-state index contributed by atoms with van der Waals surface area (Å²) >= 11 is 0. The Morgan fingerprint density at radius 2 is 1.80 bits per heavy atom. The number of amides is 2. The summed E-state index contributed by atoms with van der Waals surface area (Å²) in [6, 6.07) is 12.2. The molecule has 2 amide bonds. The number of carbonyl (C=O) groups is 2. The van der Waals surface area contributed by atoms with Crippen molar-refractivity contribution in [2.45, 2.75) is 32.7 Å². The summed E-state index contributed by atoms with van der Waals surface area (Å²) in [5.41, 5.74) is 1.38. The normalized spacial score (nSPS) is 13.3. The lowest BCUT2D eigenvalue weighted by molar-refractivity contribution is -0.120. The fraction of sp³-hybridized carbons (Fsp3) is 0.391. The zero-order valence-corrected chi connectivity index (χ0v) is 17.4. The van der Waals surface area contributed by atoms with Gasteiger partial charge in [0.25, 0.3) is 5.91 Å². The molecule has 2 aromatic carbocycles. The molecule has 1 heterocycles. The van der Waals surface area contributed by atoms with Crippen LogP contribution in [0.5, 0.6) is 17.2 Å². The zero-order chi connectivity index (χ0) is 21.3. The standard InChI is InChI=1S/C23H28N2O5/c1-3-4-11-28-19-8-5-17(6-9-19)23(27)24-15-22(26)25-16(2)18-7-10-20-21(14-18)30-13-12-29-20/h5-10,14,16H,3-4,11-13,15H2,1-2H3,(H,24,27)(H,25,26). The summed E-state index contributed by atoms with van der Waals surface area (Å²) < 4.78 is 16.7. The molecular weight excluding hydrogens is 384 g/mol. The van der Waals surface area contributed by atoms with Gasteiger partial charge in [0.15, 0.2) is 11.5 Å². The Balaban J connectivity index is 1.46. The molecule has 160 valence electrons. The maximum Gasteiger partial charge on any atom is 0.251 e. The van der Waals surface area contributed by atoms with Crippen molar-refractivity contribution in [1.29, 1.82) is 0 Å². The van der Waals surface area contributed by atoms with E-state index in [1.807, 2.05) is 25.1 Å². The predicted molar refractivity (Wildman–Crippen MR) is 113 cm³/mol. The van der Waals surface area contributed by atoms with Crippen molar-refractivity contribution < 1.29 is 23.8 Å². The van der Waals surface area contributed by atoms with Gasteiger partial charge in [-0.1, -0.05) is 19.4 Å². The molecule has 2 N–H and O–H groups in total. The van der Waals surface area contributed by atoms with Crippen molar-refractivity contribution in [3.05, 3.63) is 53.6 Å². The topological polar surface area (TPSA) is 85.9 Å². The average molecular weight is 412 g/mol. The number of unbranched alkanes of at least 4 members (excludes halogenated alkanes) is 1. The number of hydrogen-bond acceptors (Lipinski definition) is 5. The fourth-order valence-electron chi connectivity index (χ4n) is 3.00. The minimum atomic E-state index is -0.308. The molecule has 30 heavy (non-hydrogen) atoms. The first-order valence-electron chi connectivity index (χ1n) is 10.3. The van der Waals surface area contributed by atoms with E-state index < -0.39 is 0 Å². The first-order chi connectivity index (χ1) is 14.6. The van der Waals surface area contributed by atoms with Gasteiger partial charge in [0.1, 0.15) is 19.0 Å². The van der Waals surface area contributed by atoms with Crippen molar-refractivity contribution in [1.82, 2.24) is 10.6 Å². The number of benzene rings is 2. The van der Waals surface area contributed by atoms with Crippen LogP contribution < -0.4 is 24.8 Å². The van der Waals surface area contributed by atoms with Gasteiger partial charge in [-0.3, -0.25) is 9.59 Å². The van der Waals surface area contributed by atoms with Gasteiger partial charge in [0.05, 0.1) is 19.2 Å². The molecule has 0 bridgehead atoms. The average Bonchev–Trinajstić information content (AvgIpc) is 2.77. The minimum absolute atomic E-state index is 0.109. The molecule has 7 nitrogen and oxygen atoms in total. The van der Waals surface area contributed by atoms with Crippen LogP contribution >= 0.6 is 0 Å². The molecule has 0 saturated carbocycles. The molecule has 0 aliphatic carbocycles. The monoisotopic (exact) mass is 412 g/mol. The maximum atomic E-state index is 12.3. The van der Waals surface area contributed by atoms with E-state index in [9.17, 15) is 9.59 Å². The lowest BCUT2D eigenvalue weighted by Gasteiger charge is -2.21. The summed E-state index contributed by atoms with van der Waals surface area (Å²) in [4.78, 5) is 24.5. The second-order valence-electron chi connectivity index (χ2n) is 7.10. The Kier molecular flexibility index (Phi) is 7.54. The highest BCUT2D eigenvalue weighted by atomic mass is 16.6. The molecule has 3 rings (SSSR count). The molecule has 1 aliphatic heterocycles. The number of nitrogens with one attached hydrogen (secondary N) is 2. The van der Waals surface area contributed by atoms with E-state index >= 15 is 0 Å². The van der Waals surface area contributed by atoms with Crippen molar-refractivity contribution in [2.24, 2.45) is 0 Å². The van der Waals surface area contributed by atoms with E-state index in [0.717, 1.165) is 24.2 Å². The van der Waals surface area contributed by atoms with Crippen molar-refractivity contribution in [3.63, 3.8) is 0 Å². The van der Waals surface area contributed by atoms with Gasteiger partial charge in [0.2, 0.25) is 5.91 Å². The lowest BCUT2D eigenvalue weighted by atomic mass is 10.1. The first kappa shape index (κ1) is 21.5. The van der Waals surface area contributed by atoms with Crippen molar-refractivity contribution >= 4 is 11.8 Å². The van der Waals surface area contributed by atoms with Gasteiger partial charge in [0, 0.05) is 5.56 Å². The van der Waals surface area contributed by atoms with Crippen LogP contribution in [0.1, 0.15) is 48.7 Å². The Morgan fingerprint density at radius 3 is 2.53 bits per heavy atom. The van der Waals surface area contributed by atoms with Crippen LogP contribution in [0.3, 0.4) is 0 Å². The largest absolute Gasteiger partial charge is 0.494 e. The number of fused-ring (bicyclic) bond motifs is 1. The Bertz CT molecular complexity index is 866. The van der Waals surface area contributed by atoms with Gasteiger partial charge < -0.3 is 24.8 Å². The zero-order valence-electron chi connectivity index (χ0n) is 17.4. The molecule has 2 aromatic rings. The highest BCUT2D eigenvalue weighted by Crippen LogP contribution is 2.32. The summed E-state index contributed by atoms with van der Waals surface area (Å²) in [6.07, 6.45) is 2.05. The minimum Gasteiger partial charge on any atom is -0.494 e. The Hall–Kier alpha value is -3.22. The molecule has 0 saturated heterocycles. The highest BCUT2D eigenvalue weighted by Gasteiger charge is 2.16.